The van der Waals surface area contributed by atoms with E-state index < -0.39 is 29.2 Å². The summed E-state index contributed by atoms with van der Waals surface area (Å²) in [6.45, 7) is -0.246. The Balaban J connectivity index is 2.24. The van der Waals surface area contributed by atoms with Gasteiger partial charge in [0.15, 0.2) is 0 Å². The smallest absolute Gasteiger partial charge is 0.365 e. The largest absolute Gasteiger partial charge is 0.419 e. The van der Waals surface area contributed by atoms with E-state index in [0.717, 1.165) is 18.2 Å². The minimum absolute atomic E-state index is 0.0363. The number of rotatable bonds is 3. The number of nitrogens with zero attached hydrogens (tertiary/aromatic N) is 1. The fourth-order valence-corrected chi connectivity index (χ4v) is 1.97. The lowest BCUT2D eigenvalue weighted by molar-refractivity contribution is -0.137. The third kappa shape index (κ3) is 3.90. The highest BCUT2D eigenvalue weighted by Gasteiger charge is 2.34. The molecule has 1 aromatic carbocycles. The number of alkyl halides is 3. The van der Waals surface area contributed by atoms with Gasteiger partial charge in [-0.2, -0.15) is 13.2 Å². The maximum Gasteiger partial charge on any atom is 0.419 e. The molecular weight excluding hydrogens is 359 g/mol. The van der Waals surface area contributed by atoms with Gasteiger partial charge in [-0.25, -0.2) is 13.8 Å². The van der Waals surface area contributed by atoms with Crippen LogP contribution < -0.4 is 5.32 Å². The highest BCUT2D eigenvalue weighted by Crippen LogP contribution is 2.35. The topological polar surface area (TPSA) is 24.9 Å². The van der Waals surface area contributed by atoms with Crippen LogP contribution in [0, 0.1) is 11.6 Å². The average Bonchev–Trinajstić information content (AvgIpc) is 2.38. The molecule has 0 spiro atoms. The Morgan fingerprint density at radius 2 is 1.86 bits per heavy atom. The number of nitrogens with one attached hydrogen (secondary N) is 1. The molecule has 0 atom stereocenters. The van der Waals surface area contributed by atoms with Crippen molar-refractivity contribution in [2.45, 2.75) is 12.7 Å². The predicted octanol–water partition coefficient (Wildman–Crippen LogP) is 4.75. The molecule has 1 heterocycles. The van der Waals surface area contributed by atoms with Crippen molar-refractivity contribution in [2.75, 3.05) is 5.32 Å². The summed E-state index contributed by atoms with van der Waals surface area (Å²) < 4.78 is 64.9. The van der Waals surface area contributed by atoms with Crippen molar-refractivity contribution in [3.8, 4) is 0 Å². The number of aromatic nitrogens is 1. The van der Waals surface area contributed by atoms with Crippen molar-refractivity contribution in [1.29, 1.82) is 0 Å². The molecule has 1 N–H and O–H groups in total. The molecule has 0 unspecified atom stereocenters. The number of anilines is 1. The normalized spacial score (nSPS) is 11.5. The number of hydrogen-bond donors (Lipinski definition) is 1. The van der Waals surface area contributed by atoms with E-state index in [-0.39, 0.29) is 16.6 Å². The van der Waals surface area contributed by atoms with Crippen LogP contribution >= 0.6 is 15.9 Å². The highest BCUT2D eigenvalue weighted by atomic mass is 79.9. The van der Waals surface area contributed by atoms with Crippen LogP contribution in [0.2, 0.25) is 0 Å². The molecule has 0 fully saturated rings. The Kier molecular flexibility index (Phi) is 4.46. The lowest BCUT2D eigenvalue weighted by Crippen LogP contribution is -2.13. The summed E-state index contributed by atoms with van der Waals surface area (Å²) in [7, 11) is 0. The Hall–Kier alpha value is -1.70. The Labute approximate surface area is 125 Å². The second-order valence-corrected chi connectivity index (χ2v) is 5.05. The summed E-state index contributed by atoms with van der Waals surface area (Å²) in [4.78, 5) is 3.63. The number of hydrogen-bond acceptors (Lipinski definition) is 2. The SMILES string of the molecule is Fc1ccc(CNc2ncc(Br)cc2C(F)(F)F)c(F)c1. The maximum atomic E-state index is 13.4. The summed E-state index contributed by atoms with van der Waals surface area (Å²) in [5, 5.41) is 2.41. The summed E-state index contributed by atoms with van der Waals surface area (Å²) in [6, 6.07) is 3.72. The quantitative estimate of drug-likeness (QED) is 0.792. The molecule has 0 aliphatic carbocycles. The molecule has 0 saturated heterocycles. The van der Waals surface area contributed by atoms with Crippen molar-refractivity contribution in [1.82, 2.24) is 4.98 Å². The Bertz CT molecular complexity index is 657. The van der Waals surface area contributed by atoms with E-state index in [2.05, 4.69) is 26.2 Å². The molecule has 0 amide bonds. The third-order valence-corrected chi connectivity index (χ3v) is 3.05. The number of benzene rings is 1. The highest BCUT2D eigenvalue weighted by molar-refractivity contribution is 9.10. The lowest BCUT2D eigenvalue weighted by atomic mass is 10.2. The average molecular weight is 367 g/mol. The fourth-order valence-electron chi connectivity index (χ4n) is 1.64. The zero-order valence-corrected chi connectivity index (χ0v) is 11.9. The van der Waals surface area contributed by atoms with Crippen molar-refractivity contribution >= 4 is 21.7 Å². The first-order valence-electron chi connectivity index (χ1n) is 5.68. The molecule has 0 saturated carbocycles. The van der Waals surface area contributed by atoms with Crippen molar-refractivity contribution in [3.63, 3.8) is 0 Å². The van der Waals surface area contributed by atoms with Crippen LogP contribution in [0.1, 0.15) is 11.1 Å². The minimum atomic E-state index is -4.60. The molecular formula is C13H8BrF5N2. The molecule has 8 heteroatoms. The van der Waals surface area contributed by atoms with Gasteiger partial charge >= 0.3 is 6.18 Å². The first kappa shape index (κ1) is 15.7. The van der Waals surface area contributed by atoms with Gasteiger partial charge < -0.3 is 5.32 Å². The molecule has 112 valence electrons. The molecule has 0 aliphatic rings. The van der Waals surface area contributed by atoms with Gasteiger partial charge in [0.25, 0.3) is 0 Å². The first-order chi connectivity index (χ1) is 9.77. The monoisotopic (exact) mass is 366 g/mol. The Morgan fingerprint density at radius 3 is 2.48 bits per heavy atom. The van der Waals surface area contributed by atoms with Crippen LogP contribution in [0.4, 0.5) is 27.8 Å². The summed E-state index contributed by atoms with van der Waals surface area (Å²) in [5.41, 5.74) is -0.936. The van der Waals surface area contributed by atoms with E-state index in [9.17, 15) is 22.0 Å². The van der Waals surface area contributed by atoms with Crippen LogP contribution in [-0.4, -0.2) is 4.98 Å². The molecule has 0 aliphatic heterocycles. The van der Waals surface area contributed by atoms with E-state index in [1.807, 2.05) is 0 Å². The van der Waals surface area contributed by atoms with Crippen molar-refractivity contribution < 1.29 is 22.0 Å². The second-order valence-electron chi connectivity index (χ2n) is 4.14. The fraction of sp³-hybridized carbons (Fsp3) is 0.154. The van der Waals surface area contributed by atoms with E-state index in [4.69, 9.17) is 0 Å². The van der Waals surface area contributed by atoms with Crippen LogP contribution in [0.15, 0.2) is 34.9 Å². The van der Waals surface area contributed by atoms with E-state index in [1.165, 1.54) is 6.20 Å². The standard InChI is InChI=1S/C13H8BrF5N2/c14-8-3-10(13(17,18)19)12(21-6-8)20-5-7-1-2-9(15)4-11(7)16/h1-4,6H,5H2,(H,20,21). The van der Waals surface area contributed by atoms with Gasteiger partial charge in [0.05, 0.1) is 5.56 Å². The second kappa shape index (κ2) is 5.97. The van der Waals surface area contributed by atoms with Gasteiger partial charge in [-0.3, -0.25) is 0 Å². The zero-order valence-electron chi connectivity index (χ0n) is 10.3. The van der Waals surface area contributed by atoms with Crippen molar-refractivity contribution in [2.24, 2.45) is 0 Å². The first-order valence-corrected chi connectivity index (χ1v) is 6.47. The molecule has 0 bridgehead atoms. The predicted molar refractivity (Wildman–Crippen MR) is 70.6 cm³/mol. The summed E-state index contributed by atoms with van der Waals surface area (Å²) in [5.74, 6) is -2.02. The van der Waals surface area contributed by atoms with Gasteiger partial charge in [0.2, 0.25) is 0 Å². The summed E-state index contributed by atoms with van der Waals surface area (Å²) >= 11 is 2.91. The molecule has 0 radical (unpaired) electrons. The number of pyridine rings is 1. The maximum absolute atomic E-state index is 13.4. The van der Waals surface area contributed by atoms with Crippen LogP contribution in [-0.2, 0) is 12.7 Å². The summed E-state index contributed by atoms with van der Waals surface area (Å²) in [6.07, 6.45) is -3.40. The molecule has 1 aromatic heterocycles. The van der Waals surface area contributed by atoms with Gasteiger partial charge in [0.1, 0.15) is 17.5 Å². The minimum Gasteiger partial charge on any atom is -0.365 e. The third-order valence-electron chi connectivity index (χ3n) is 2.62. The van der Waals surface area contributed by atoms with E-state index in [1.54, 1.807) is 0 Å². The van der Waals surface area contributed by atoms with Gasteiger partial charge in [-0.1, -0.05) is 6.07 Å². The molecule has 2 rings (SSSR count). The number of halogens is 6. The van der Waals surface area contributed by atoms with Crippen LogP contribution in [0.3, 0.4) is 0 Å². The van der Waals surface area contributed by atoms with E-state index in [0.29, 0.717) is 6.07 Å². The molecule has 2 aromatic rings. The van der Waals surface area contributed by atoms with Gasteiger partial charge in [-0.15, -0.1) is 0 Å². The van der Waals surface area contributed by atoms with Crippen molar-refractivity contribution in [3.05, 3.63) is 57.7 Å². The van der Waals surface area contributed by atoms with Crippen LogP contribution in [0.5, 0.6) is 0 Å². The van der Waals surface area contributed by atoms with Crippen LogP contribution in [0.25, 0.3) is 0 Å². The van der Waals surface area contributed by atoms with Gasteiger partial charge in [0, 0.05) is 28.8 Å². The molecule has 2 nitrogen and oxygen atoms in total. The van der Waals surface area contributed by atoms with E-state index >= 15 is 0 Å². The Morgan fingerprint density at radius 1 is 1.14 bits per heavy atom. The molecule has 21 heavy (non-hydrogen) atoms. The lowest BCUT2D eigenvalue weighted by Gasteiger charge is -2.14. The zero-order chi connectivity index (χ0) is 15.6. The van der Waals surface area contributed by atoms with Gasteiger partial charge in [-0.05, 0) is 28.1 Å².